The van der Waals surface area contributed by atoms with Crippen molar-refractivity contribution in [1.82, 2.24) is 0 Å². The molecule has 0 aliphatic heterocycles. The highest BCUT2D eigenvalue weighted by atomic mass is 16.5. The third kappa shape index (κ3) is 3.72. The largest absolute Gasteiger partial charge is 0.508 e. The smallest absolute Gasteiger partial charge is 0.374 e. The molecule has 7 nitrogen and oxygen atoms in total. The van der Waals surface area contributed by atoms with Crippen LogP contribution in [-0.4, -0.2) is 17.7 Å². The van der Waals surface area contributed by atoms with E-state index >= 15 is 0 Å². The van der Waals surface area contributed by atoms with Gasteiger partial charge in [0.1, 0.15) is 23.5 Å². The van der Waals surface area contributed by atoms with Gasteiger partial charge < -0.3 is 23.4 Å². The Balaban J connectivity index is 1.64. The molecule has 0 saturated carbocycles. The van der Waals surface area contributed by atoms with Gasteiger partial charge in [-0.15, -0.1) is 0 Å². The number of ether oxygens (including phenoxy) is 2. The van der Waals surface area contributed by atoms with Crippen LogP contribution < -0.4 is 5.63 Å². The molecule has 4 aromatic rings. The van der Waals surface area contributed by atoms with Gasteiger partial charge in [0.05, 0.1) is 6.61 Å². The molecule has 0 spiro atoms. The first-order valence-corrected chi connectivity index (χ1v) is 9.08. The Bertz CT molecular complexity index is 1250. The van der Waals surface area contributed by atoms with Crippen LogP contribution in [0.3, 0.4) is 0 Å². The molecular formula is C22H18O7. The summed E-state index contributed by atoms with van der Waals surface area (Å²) in [6, 6.07) is 12.9. The summed E-state index contributed by atoms with van der Waals surface area (Å²) in [4.78, 5) is 24.5. The lowest BCUT2D eigenvalue weighted by Gasteiger charge is -2.07. The molecule has 0 amide bonds. The van der Waals surface area contributed by atoms with Crippen molar-refractivity contribution in [3.8, 4) is 5.75 Å². The molecule has 0 aliphatic rings. The zero-order valence-corrected chi connectivity index (χ0v) is 15.6. The minimum Gasteiger partial charge on any atom is -0.508 e. The van der Waals surface area contributed by atoms with Crippen molar-refractivity contribution < 1.29 is 28.2 Å². The van der Waals surface area contributed by atoms with E-state index in [1.54, 1.807) is 12.1 Å². The van der Waals surface area contributed by atoms with Gasteiger partial charge in [-0.3, -0.25) is 0 Å². The number of benzene rings is 2. The van der Waals surface area contributed by atoms with E-state index in [1.165, 1.54) is 18.2 Å². The number of phenolic OH excluding ortho intramolecular Hbond substituents is 1. The van der Waals surface area contributed by atoms with Crippen molar-refractivity contribution in [2.45, 2.75) is 20.1 Å². The Morgan fingerprint density at radius 3 is 2.66 bits per heavy atom. The fourth-order valence-corrected chi connectivity index (χ4v) is 3.16. The number of rotatable bonds is 6. The molecule has 29 heavy (non-hydrogen) atoms. The van der Waals surface area contributed by atoms with Crippen LogP contribution in [0, 0.1) is 0 Å². The highest BCUT2D eigenvalue weighted by Crippen LogP contribution is 2.28. The summed E-state index contributed by atoms with van der Waals surface area (Å²) < 4.78 is 21.7. The standard InChI is InChI=1S/C22H18O7/c1-2-26-12-17-16-5-3-4-6-18(16)29-21(17)22(25)27-11-13-9-20(24)28-19-10-14(23)7-8-15(13)19/h3-10,23H,2,11-12H2,1H3. The molecule has 0 aliphatic carbocycles. The number of phenols is 1. The molecule has 2 aromatic carbocycles. The second-order valence-corrected chi connectivity index (χ2v) is 6.39. The zero-order chi connectivity index (χ0) is 20.4. The van der Waals surface area contributed by atoms with Crippen LogP contribution in [0.2, 0.25) is 0 Å². The second-order valence-electron chi connectivity index (χ2n) is 6.39. The van der Waals surface area contributed by atoms with Gasteiger partial charge in [-0.25, -0.2) is 9.59 Å². The van der Waals surface area contributed by atoms with Gasteiger partial charge in [0.25, 0.3) is 0 Å². The maximum atomic E-state index is 12.7. The molecule has 1 N–H and O–H groups in total. The average molecular weight is 394 g/mol. The predicted octanol–water partition coefficient (Wildman–Crippen LogP) is 4.14. The van der Waals surface area contributed by atoms with E-state index in [9.17, 15) is 14.7 Å². The van der Waals surface area contributed by atoms with E-state index in [0.717, 1.165) is 5.39 Å². The third-order valence-corrected chi connectivity index (χ3v) is 4.51. The van der Waals surface area contributed by atoms with Crippen molar-refractivity contribution >= 4 is 27.9 Å². The van der Waals surface area contributed by atoms with E-state index in [4.69, 9.17) is 18.3 Å². The summed E-state index contributed by atoms with van der Waals surface area (Å²) >= 11 is 0. The van der Waals surface area contributed by atoms with Crippen LogP contribution in [0.5, 0.6) is 5.75 Å². The molecule has 2 aromatic heterocycles. The molecule has 0 atom stereocenters. The molecule has 4 rings (SSSR count). The lowest BCUT2D eigenvalue weighted by Crippen LogP contribution is -2.09. The summed E-state index contributed by atoms with van der Waals surface area (Å²) in [6.45, 7) is 2.42. The quantitative estimate of drug-likeness (QED) is 0.388. The van der Waals surface area contributed by atoms with Gasteiger partial charge in [0, 0.05) is 40.6 Å². The van der Waals surface area contributed by atoms with Crippen molar-refractivity contribution in [2.75, 3.05) is 6.61 Å². The molecule has 148 valence electrons. The molecule has 0 radical (unpaired) electrons. The van der Waals surface area contributed by atoms with Crippen LogP contribution in [0.1, 0.15) is 28.6 Å². The molecule has 0 bridgehead atoms. The minimum absolute atomic E-state index is 0.0300. The van der Waals surface area contributed by atoms with Crippen LogP contribution in [-0.2, 0) is 22.7 Å². The fourth-order valence-electron chi connectivity index (χ4n) is 3.16. The molecule has 0 unspecified atom stereocenters. The first-order valence-electron chi connectivity index (χ1n) is 9.08. The number of aromatic hydroxyl groups is 1. The third-order valence-electron chi connectivity index (χ3n) is 4.51. The average Bonchev–Trinajstić information content (AvgIpc) is 3.08. The monoisotopic (exact) mass is 394 g/mol. The van der Waals surface area contributed by atoms with E-state index in [1.807, 2.05) is 25.1 Å². The summed E-state index contributed by atoms with van der Waals surface area (Å²) in [6.07, 6.45) is 0. The number of hydrogen-bond donors (Lipinski definition) is 1. The topological polar surface area (TPSA) is 99.1 Å². The van der Waals surface area contributed by atoms with E-state index in [-0.39, 0.29) is 30.3 Å². The van der Waals surface area contributed by atoms with Crippen LogP contribution in [0.25, 0.3) is 21.9 Å². The highest BCUT2D eigenvalue weighted by Gasteiger charge is 2.22. The van der Waals surface area contributed by atoms with E-state index in [2.05, 4.69) is 0 Å². The van der Waals surface area contributed by atoms with Crippen molar-refractivity contribution in [3.05, 3.63) is 75.8 Å². The molecule has 2 heterocycles. The molecule has 7 heteroatoms. The first-order chi connectivity index (χ1) is 14.1. The maximum absolute atomic E-state index is 12.7. The van der Waals surface area contributed by atoms with Crippen LogP contribution in [0.4, 0.5) is 0 Å². The number of fused-ring (bicyclic) bond motifs is 2. The van der Waals surface area contributed by atoms with Gasteiger partial charge in [-0.05, 0) is 25.1 Å². The Morgan fingerprint density at radius 1 is 1.00 bits per heavy atom. The number of furan rings is 1. The number of hydrogen-bond acceptors (Lipinski definition) is 7. The van der Waals surface area contributed by atoms with Gasteiger partial charge in [-0.1, -0.05) is 18.2 Å². The second kappa shape index (κ2) is 7.81. The number of carbonyl (C=O) groups excluding carboxylic acids is 1. The SMILES string of the molecule is CCOCc1c(C(=O)OCc2cc(=O)oc3cc(O)ccc23)oc2ccccc12. The number of esters is 1. The normalized spacial score (nSPS) is 11.2. The lowest BCUT2D eigenvalue weighted by molar-refractivity contribution is 0.0431. The Hall–Kier alpha value is -3.58. The Kier molecular flexibility index (Phi) is 5.05. The van der Waals surface area contributed by atoms with Crippen molar-refractivity contribution in [2.24, 2.45) is 0 Å². The minimum atomic E-state index is -0.656. The van der Waals surface area contributed by atoms with Crippen molar-refractivity contribution in [3.63, 3.8) is 0 Å². The first kappa shape index (κ1) is 18.8. The van der Waals surface area contributed by atoms with Crippen molar-refractivity contribution in [1.29, 1.82) is 0 Å². The Labute approximate surface area is 165 Å². The highest BCUT2D eigenvalue weighted by molar-refractivity contribution is 5.96. The van der Waals surface area contributed by atoms with Gasteiger partial charge in [0.2, 0.25) is 5.76 Å². The lowest BCUT2D eigenvalue weighted by atomic mass is 10.1. The summed E-state index contributed by atoms with van der Waals surface area (Å²) in [5, 5.41) is 10.9. The number of para-hydroxylation sites is 1. The molecular weight excluding hydrogens is 376 g/mol. The fraction of sp³-hybridized carbons (Fsp3) is 0.182. The zero-order valence-electron chi connectivity index (χ0n) is 15.6. The van der Waals surface area contributed by atoms with Crippen LogP contribution >= 0.6 is 0 Å². The number of carbonyl (C=O) groups is 1. The van der Waals surface area contributed by atoms with Crippen LogP contribution in [0.15, 0.2) is 62.2 Å². The molecule has 0 saturated heterocycles. The summed E-state index contributed by atoms with van der Waals surface area (Å²) in [5.74, 6) is -0.613. The van der Waals surface area contributed by atoms with Gasteiger partial charge in [-0.2, -0.15) is 0 Å². The molecule has 0 fully saturated rings. The predicted molar refractivity (Wildman–Crippen MR) is 105 cm³/mol. The van der Waals surface area contributed by atoms with E-state index in [0.29, 0.717) is 28.7 Å². The van der Waals surface area contributed by atoms with Gasteiger partial charge in [0.15, 0.2) is 0 Å². The maximum Gasteiger partial charge on any atom is 0.374 e. The van der Waals surface area contributed by atoms with Gasteiger partial charge >= 0.3 is 11.6 Å². The van der Waals surface area contributed by atoms with E-state index < -0.39 is 11.6 Å². The summed E-state index contributed by atoms with van der Waals surface area (Å²) in [7, 11) is 0. The summed E-state index contributed by atoms with van der Waals surface area (Å²) in [5.41, 5.74) is 1.26. The Morgan fingerprint density at radius 2 is 1.83 bits per heavy atom.